The van der Waals surface area contributed by atoms with Gasteiger partial charge in [-0.1, -0.05) is 42.1 Å². The highest BCUT2D eigenvalue weighted by molar-refractivity contribution is 7.99. The molecular weight excluding hydrogens is 308 g/mol. The molecule has 0 radical (unpaired) electrons. The van der Waals surface area contributed by atoms with Crippen LogP contribution in [0.15, 0.2) is 42.1 Å². The lowest BCUT2D eigenvalue weighted by molar-refractivity contribution is -0.118. The first kappa shape index (κ1) is 15.8. The van der Waals surface area contributed by atoms with Gasteiger partial charge >= 0.3 is 0 Å². The van der Waals surface area contributed by atoms with Crippen molar-refractivity contribution in [1.29, 1.82) is 0 Å². The highest BCUT2D eigenvalue weighted by atomic mass is 32.2. The SMILES string of the molecule is C=CCNC(=O)CSc1nnc2n1C(C)(C)Cc1ccccc1-2. The fourth-order valence-corrected chi connectivity index (χ4v) is 3.81. The summed E-state index contributed by atoms with van der Waals surface area (Å²) in [6.45, 7) is 8.43. The Bertz CT molecular complexity index is 751. The quantitative estimate of drug-likeness (QED) is 0.677. The van der Waals surface area contributed by atoms with E-state index in [0.717, 1.165) is 23.0 Å². The monoisotopic (exact) mass is 328 g/mol. The number of benzene rings is 1. The third-order valence-electron chi connectivity index (χ3n) is 3.90. The van der Waals surface area contributed by atoms with E-state index in [0.29, 0.717) is 12.3 Å². The van der Waals surface area contributed by atoms with Crippen LogP contribution in [-0.2, 0) is 16.8 Å². The number of rotatable bonds is 5. The van der Waals surface area contributed by atoms with E-state index in [9.17, 15) is 4.79 Å². The molecule has 1 aliphatic rings. The number of thioether (sulfide) groups is 1. The molecule has 1 aromatic carbocycles. The molecule has 5 nitrogen and oxygen atoms in total. The van der Waals surface area contributed by atoms with Gasteiger partial charge in [0, 0.05) is 17.6 Å². The van der Waals surface area contributed by atoms with Crippen LogP contribution in [0, 0.1) is 0 Å². The molecule has 0 spiro atoms. The van der Waals surface area contributed by atoms with Crippen molar-refractivity contribution in [2.24, 2.45) is 0 Å². The second-order valence-electron chi connectivity index (χ2n) is 6.17. The lowest BCUT2D eigenvalue weighted by Crippen LogP contribution is -2.34. The smallest absolute Gasteiger partial charge is 0.230 e. The third-order valence-corrected chi connectivity index (χ3v) is 4.82. The van der Waals surface area contributed by atoms with Crippen LogP contribution < -0.4 is 5.32 Å². The number of amides is 1. The standard InChI is InChI=1S/C17H20N4OS/c1-4-9-18-14(22)11-23-16-20-19-15-13-8-6-5-7-12(13)10-17(2,3)21(15)16/h4-8H,1,9-11H2,2-3H3,(H,18,22). The molecule has 1 aliphatic heterocycles. The molecule has 6 heteroatoms. The first-order valence-electron chi connectivity index (χ1n) is 7.57. The van der Waals surface area contributed by atoms with Gasteiger partial charge in [0.25, 0.3) is 0 Å². The number of hydrogen-bond donors (Lipinski definition) is 1. The van der Waals surface area contributed by atoms with Crippen molar-refractivity contribution in [3.8, 4) is 11.4 Å². The summed E-state index contributed by atoms with van der Waals surface area (Å²) in [5.74, 6) is 1.18. The lowest BCUT2D eigenvalue weighted by Gasteiger charge is -2.34. The van der Waals surface area contributed by atoms with Gasteiger partial charge in [-0.3, -0.25) is 9.36 Å². The molecule has 2 aromatic rings. The van der Waals surface area contributed by atoms with Crippen LogP contribution in [-0.4, -0.2) is 33.0 Å². The number of nitrogens with one attached hydrogen (secondary N) is 1. The topological polar surface area (TPSA) is 59.8 Å². The first-order chi connectivity index (χ1) is 11.0. The molecule has 0 saturated heterocycles. The largest absolute Gasteiger partial charge is 0.352 e. The van der Waals surface area contributed by atoms with E-state index in [1.165, 1.54) is 17.3 Å². The molecule has 1 aromatic heterocycles. The van der Waals surface area contributed by atoms with Crippen molar-refractivity contribution in [3.05, 3.63) is 42.5 Å². The zero-order valence-electron chi connectivity index (χ0n) is 13.4. The van der Waals surface area contributed by atoms with Crippen LogP contribution in [0.1, 0.15) is 19.4 Å². The first-order valence-corrected chi connectivity index (χ1v) is 8.56. The number of carbonyl (C=O) groups is 1. The summed E-state index contributed by atoms with van der Waals surface area (Å²) in [7, 11) is 0. The summed E-state index contributed by atoms with van der Waals surface area (Å²) in [5, 5.41) is 12.3. The minimum atomic E-state index is -0.118. The molecular formula is C17H20N4OS. The van der Waals surface area contributed by atoms with Gasteiger partial charge in [-0.2, -0.15) is 0 Å². The fourth-order valence-electron chi connectivity index (χ4n) is 2.89. The number of hydrogen-bond acceptors (Lipinski definition) is 4. The normalized spacial score (nSPS) is 14.7. The molecule has 0 fully saturated rings. The van der Waals surface area contributed by atoms with E-state index >= 15 is 0 Å². The molecule has 0 aliphatic carbocycles. The summed E-state index contributed by atoms with van der Waals surface area (Å²) >= 11 is 1.42. The summed E-state index contributed by atoms with van der Waals surface area (Å²) in [5.41, 5.74) is 2.30. The van der Waals surface area contributed by atoms with Gasteiger partial charge in [0.05, 0.1) is 5.75 Å². The average molecular weight is 328 g/mol. The van der Waals surface area contributed by atoms with Crippen LogP contribution in [0.2, 0.25) is 0 Å². The zero-order chi connectivity index (χ0) is 16.4. The Morgan fingerprint density at radius 1 is 1.43 bits per heavy atom. The van der Waals surface area contributed by atoms with Crippen LogP contribution in [0.25, 0.3) is 11.4 Å². The molecule has 0 unspecified atom stereocenters. The van der Waals surface area contributed by atoms with Gasteiger partial charge in [0.15, 0.2) is 11.0 Å². The van der Waals surface area contributed by atoms with Crippen LogP contribution in [0.4, 0.5) is 0 Å². The molecule has 1 amide bonds. The van der Waals surface area contributed by atoms with E-state index in [-0.39, 0.29) is 11.4 Å². The average Bonchev–Trinajstić information content (AvgIpc) is 2.96. The summed E-state index contributed by atoms with van der Waals surface area (Å²) in [4.78, 5) is 11.8. The van der Waals surface area contributed by atoms with Gasteiger partial charge in [-0.25, -0.2) is 0 Å². The van der Waals surface area contributed by atoms with Crippen molar-refractivity contribution in [3.63, 3.8) is 0 Å². The number of aromatic nitrogens is 3. The summed E-state index contributed by atoms with van der Waals surface area (Å²) in [6, 6.07) is 8.30. The Morgan fingerprint density at radius 3 is 3.00 bits per heavy atom. The molecule has 0 saturated carbocycles. The molecule has 120 valence electrons. The predicted molar refractivity (Wildman–Crippen MR) is 92.4 cm³/mol. The molecule has 0 bridgehead atoms. The zero-order valence-corrected chi connectivity index (χ0v) is 14.2. The van der Waals surface area contributed by atoms with Crippen LogP contribution in [0.3, 0.4) is 0 Å². The van der Waals surface area contributed by atoms with Crippen molar-refractivity contribution in [2.45, 2.75) is 31.0 Å². The van der Waals surface area contributed by atoms with E-state index in [1.807, 2.05) is 6.07 Å². The Balaban J connectivity index is 1.88. The number of nitrogens with zero attached hydrogens (tertiary/aromatic N) is 3. The molecule has 2 heterocycles. The van der Waals surface area contributed by atoms with Gasteiger partial charge in [-0.05, 0) is 25.8 Å². The van der Waals surface area contributed by atoms with Crippen LogP contribution in [0.5, 0.6) is 0 Å². The molecule has 3 rings (SSSR count). The second kappa shape index (κ2) is 6.20. The Hall–Kier alpha value is -2.08. The van der Waals surface area contributed by atoms with Crippen molar-refractivity contribution in [2.75, 3.05) is 12.3 Å². The predicted octanol–water partition coefficient (Wildman–Crippen LogP) is 2.63. The fraction of sp³-hybridized carbons (Fsp3) is 0.353. The van der Waals surface area contributed by atoms with Gasteiger partial charge in [0.1, 0.15) is 0 Å². The minimum Gasteiger partial charge on any atom is -0.352 e. The maximum atomic E-state index is 11.8. The summed E-state index contributed by atoms with van der Waals surface area (Å²) in [6.07, 6.45) is 2.59. The number of fused-ring (bicyclic) bond motifs is 3. The van der Waals surface area contributed by atoms with Crippen molar-refractivity contribution < 1.29 is 4.79 Å². The second-order valence-corrected chi connectivity index (χ2v) is 7.11. The summed E-state index contributed by atoms with van der Waals surface area (Å²) < 4.78 is 2.15. The van der Waals surface area contributed by atoms with E-state index in [2.05, 4.69) is 58.7 Å². The minimum absolute atomic E-state index is 0.0266. The highest BCUT2D eigenvalue weighted by Crippen LogP contribution is 2.39. The Morgan fingerprint density at radius 2 is 2.22 bits per heavy atom. The number of carbonyl (C=O) groups excluding carboxylic acids is 1. The van der Waals surface area contributed by atoms with Gasteiger partial charge < -0.3 is 5.32 Å². The highest BCUT2D eigenvalue weighted by Gasteiger charge is 2.34. The van der Waals surface area contributed by atoms with Crippen molar-refractivity contribution in [1.82, 2.24) is 20.1 Å². The van der Waals surface area contributed by atoms with Gasteiger partial charge in [-0.15, -0.1) is 16.8 Å². The van der Waals surface area contributed by atoms with Gasteiger partial charge in [0.2, 0.25) is 5.91 Å². The van der Waals surface area contributed by atoms with Crippen LogP contribution >= 0.6 is 11.8 Å². The molecule has 23 heavy (non-hydrogen) atoms. The molecule has 1 N–H and O–H groups in total. The van der Waals surface area contributed by atoms with E-state index < -0.39 is 0 Å². The van der Waals surface area contributed by atoms with E-state index in [1.54, 1.807) is 6.08 Å². The lowest BCUT2D eigenvalue weighted by atomic mass is 9.87. The maximum absolute atomic E-state index is 11.8. The third kappa shape index (κ3) is 3.03. The van der Waals surface area contributed by atoms with E-state index in [4.69, 9.17) is 0 Å². The Kier molecular flexibility index (Phi) is 4.26. The maximum Gasteiger partial charge on any atom is 0.230 e. The Labute approximate surface area is 140 Å². The molecule has 0 atom stereocenters. The van der Waals surface area contributed by atoms with Crippen molar-refractivity contribution >= 4 is 17.7 Å².